The van der Waals surface area contributed by atoms with E-state index in [9.17, 15) is 4.79 Å². The quantitative estimate of drug-likeness (QED) is 0.642. The van der Waals surface area contributed by atoms with Gasteiger partial charge in [-0.25, -0.2) is 9.67 Å². The Hall–Kier alpha value is -3.27. The van der Waals surface area contributed by atoms with E-state index in [1.54, 1.807) is 11.0 Å². The summed E-state index contributed by atoms with van der Waals surface area (Å²) in [6, 6.07) is 16.2. The number of benzene rings is 2. The number of rotatable bonds is 5. The average molecular weight is 353 g/mol. The van der Waals surface area contributed by atoms with Crippen LogP contribution in [-0.4, -0.2) is 20.5 Å². The van der Waals surface area contributed by atoms with E-state index in [2.05, 4.69) is 40.4 Å². The second-order valence-corrected chi connectivity index (χ2v) is 7.25. The van der Waals surface area contributed by atoms with E-state index in [4.69, 9.17) is 0 Å². The molecular weight excluding hydrogens is 334 g/mol. The molecule has 3 aromatic rings. The fraction of sp³-hybridized carbons (Fsp3) is 0.174. The Bertz CT molecular complexity index is 1060. The van der Waals surface area contributed by atoms with Gasteiger partial charge in [0.2, 0.25) is 0 Å². The molecule has 2 aliphatic carbocycles. The summed E-state index contributed by atoms with van der Waals surface area (Å²) in [6.07, 6.45) is 10.7. The van der Waals surface area contributed by atoms with E-state index in [1.807, 2.05) is 36.4 Å². The third kappa shape index (κ3) is 3.26. The van der Waals surface area contributed by atoms with Crippen LogP contribution in [0.2, 0.25) is 0 Å². The van der Waals surface area contributed by atoms with E-state index in [0.29, 0.717) is 18.4 Å². The molecule has 0 saturated heterocycles. The SMILES string of the molecule is O=C(C1=CC2CC2C=C1)c1cccc(-c2cccc(Cn3cncn3)c2)c1. The van der Waals surface area contributed by atoms with Gasteiger partial charge in [-0.2, -0.15) is 5.10 Å². The van der Waals surface area contributed by atoms with Gasteiger partial charge in [-0.1, -0.05) is 54.6 Å². The molecule has 1 heterocycles. The number of aromatic nitrogens is 3. The van der Waals surface area contributed by atoms with Crippen LogP contribution < -0.4 is 0 Å². The minimum atomic E-state index is 0.109. The molecule has 1 aromatic heterocycles. The molecule has 27 heavy (non-hydrogen) atoms. The van der Waals surface area contributed by atoms with Gasteiger partial charge < -0.3 is 0 Å². The van der Waals surface area contributed by atoms with Gasteiger partial charge in [-0.3, -0.25) is 4.79 Å². The van der Waals surface area contributed by atoms with E-state index < -0.39 is 0 Å². The van der Waals surface area contributed by atoms with E-state index in [-0.39, 0.29) is 5.78 Å². The first-order valence-electron chi connectivity index (χ1n) is 9.23. The van der Waals surface area contributed by atoms with Crippen LogP contribution in [-0.2, 0) is 6.54 Å². The van der Waals surface area contributed by atoms with Crippen LogP contribution in [0, 0.1) is 11.8 Å². The molecule has 4 nitrogen and oxygen atoms in total. The Kier molecular flexibility index (Phi) is 3.82. The average Bonchev–Trinajstić information content (AvgIpc) is 3.32. The number of fused-ring (bicyclic) bond motifs is 1. The molecule has 0 amide bonds. The highest BCUT2D eigenvalue weighted by Crippen LogP contribution is 2.44. The van der Waals surface area contributed by atoms with Crippen LogP contribution >= 0.6 is 0 Å². The highest BCUT2D eigenvalue weighted by molar-refractivity contribution is 6.11. The van der Waals surface area contributed by atoms with Gasteiger partial charge in [-0.05, 0) is 47.1 Å². The minimum absolute atomic E-state index is 0.109. The number of ketones is 1. The first-order valence-corrected chi connectivity index (χ1v) is 9.23. The summed E-state index contributed by atoms with van der Waals surface area (Å²) in [5.41, 5.74) is 4.85. The van der Waals surface area contributed by atoms with Crippen LogP contribution in [0.1, 0.15) is 22.3 Å². The summed E-state index contributed by atoms with van der Waals surface area (Å²) >= 11 is 0. The first-order chi connectivity index (χ1) is 13.3. The molecule has 2 unspecified atom stereocenters. The summed E-state index contributed by atoms with van der Waals surface area (Å²) in [5, 5.41) is 4.16. The van der Waals surface area contributed by atoms with Gasteiger partial charge in [0, 0.05) is 11.1 Å². The number of hydrogen-bond acceptors (Lipinski definition) is 3. The molecule has 0 N–H and O–H groups in total. The topological polar surface area (TPSA) is 47.8 Å². The zero-order valence-corrected chi connectivity index (χ0v) is 14.8. The molecule has 2 aliphatic rings. The fourth-order valence-corrected chi connectivity index (χ4v) is 3.67. The molecule has 1 saturated carbocycles. The Morgan fingerprint density at radius 3 is 2.74 bits per heavy atom. The number of hydrogen-bond donors (Lipinski definition) is 0. The molecule has 0 aliphatic heterocycles. The maximum absolute atomic E-state index is 12.9. The fourth-order valence-electron chi connectivity index (χ4n) is 3.67. The predicted octanol–water partition coefficient (Wildman–Crippen LogP) is 4.31. The lowest BCUT2D eigenvalue weighted by Gasteiger charge is -2.09. The summed E-state index contributed by atoms with van der Waals surface area (Å²) < 4.78 is 1.80. The number of nitrogens with zero attached hydrogens (tertiary/aromatic N) is 3. The lowest BCUT2D eigenvalue weighted by atomic mass is 9.95. The Balaban J connectivity index is 1.42. The van der Waals surface area contributed by atoms with E-state index in [0.717, 1.165) is 27.8 Å². The highest BCUT2D eigenvalue weighted by atomic mass is 16.1. The zero-order valence-electron chi connectivity index (χ0n) is 14.8. The smallest absolute Gasteiger partial charge is 0.192 e. The van der Waals surface area contributed by atoms with Crippen molar-refractivity contribution in [1.82, 2.24) is 14.8 Å². The normalized spacial score (nSPS) is 20.1. The van der Waals surface area contributed by atoms with Crippen molar-refractivity contribution in [3.63, 3.8) is 0 Å². The standard InChI is InChI=1S/C23H19N3O/c27-23(21-8-7-19-11-22(19)12-21)20-6-2-5-18(10-20)17-4-1-3-16(9-17)13-26-15-24-14-25-26/h1-10,12,14-15,19,22H,11,13H2. The van der Waals surface area contributed by atoms with Gasteiger partial charge >= 0.3 is 0 Å². The van der Waals surface area contributed by atoms with Crippen molar-refractivity contribution in [3.05, 3.63) is 96.1 Å². The van der Waals surface area contributed by atoms with Crippen molar-refractivity contribution in [1.29, 1.82) is 0 Å². The maximum Gasteiger partial charge on any atom is 0.192 e. The van der Waals surface area contributed by atoms with E-state index in [1.165, 1.54) is 12.7 Å². The van der Waals surface area contributed by atoms with Crippen LogP contribution in [0.15, 0.2) is 85.0 Å². The molecule has 2 atom stereocenters. The molecule has 1 fully saturated rings. The van der Waals surface area contributed by atoms with Crippen molar-refractivity contribution in [2.24, 2.45) is 11.8 Å². The lowest BCUT2D eigenvalue weighted by Crippen LogP contribution is -2.04. The molecule has 132 valence electrons. The van der Waals surface area contributed by atoms with Gasteiger partial charge in [-0.15, -0.1) is 0 Å². The van der Waals surface area contributed by atoms with E-state index >= 15 is 0 Å². The van der Waals surface area contributed by atoms with Crippen molar-refractivity contribution < 1.29 is 4.79 Å². The monoisotopic (exact) mass is 353 g/mol. The van der Waals surface area contributed by atoms with Gasteiger partial charge in [0.25, 0.3) is 0 Å². The second-order valence-electron chi connectivity index (χ2n) is 7.25. The number of carbonyl (C=O) groups is 1. The predicted molar refractivity (Wildman–Crippen MR) is 104 cm³/mol. The zero-order chi connectivity index (χ0) is 18.2. The summed E-state index contributed by atoms with van der Waals surface area (Å²) in [6.45, 7) is 0.673. The molecule has 5 rings (SSSR count). The third-order valence-corrected chi connectivity index (χ3v) is 5.27. The van der Waals surface area contributed by atoms with Crippen LogP contribution in [0.5, 0.6) is 0 Å². The van der Waals surface area contributed by atoms with Gasteiger partial charge in [0.05, 0.1) is 6.54 Å². The summed E-state index contributed by atoms with van der Waals surface area (Å²) in [5.74, 6) is 1.35. The van der Waals surface area contributed by atoms with Gasteiger partial charge in [0.15, 0.2) is 5.78 Å². The molecule has 2 aromatic carbocycles. The highest BCUT2D eigenvalue weighted by Gasteiger charge is 2.36. The molecule has 0 radical (unpaired) electrons. The van der Waals surface area contributed by atoms with Gasteiger partial charge in [0.1, 0.15) is 12.7 Å². The minimum Gasteiger partial charge on any atom is -0.289 e. The number of Topliss-reactive ketones (excluding diaryl/α,β-unsaturated/α-hetero) is 1. The molecule has 4 heteroatoms. The van der Waals surface area contributed by atoms with Crippen molar-refractivity contribution in [2.45, 2.75) is 13.0 Å². The van der Waals surface area contributed by atoms with Crippen molar-refractivity contribution >= 4 is 5.78 Å². The third-order valence-electron chi connectivity index (χ3n) is 5.27. The maximum atomic E-state index is 12.9. The second kappa shape index (κ2) is 6.47. The molecular formula is C23H19N3O. The lowest BCUT2D eigenvalue weighted by molar-refractivity contribution is 0.103. The van der Waals surface area contributed by atoms with Crippen molar-refractivity contribution in [3.8, 4) is 11.1 Å². The molecule has 0 spiro atoms. The number of carbonyl (C=O) groups excluding carboxylic acids is 1. The molecule has 0 bridgehead atoms. The van der Waals surface area contributed by atoms with Crippen molar-refractivity contribution in [2.75, 3.05) is 0 Å². The van der Waals surface area contributed by atoms with Crippen LogP contribution in [0.3, 0.4) is 0 Å². The van der Waals surface area contributed by atoms with Crippen LogP contribution in [0.4, 0.5) is 0 Å². The Morgan fingerprint density at radius 1 is 1.07 bits per heavy atom. The largest absolute Gasteiger partial charge is 0.289 e. The summed E-state index contributed by atoms with van der Waals surface area (Å²) in [4.78, 5) is 16.9. The first kappa shape index (κ1) is 15.9. The van der Waals surface area contributed by atoms with Crippen LogP contribution in [0.25, 0.3) is 11.1 Å². The Morgan fingerprint density at radius 2 is 1.93 bits per heavy atom. The Labute approximate surface area is 157 Å². The summed E-state index contributed by atoms with van der Waals surface area (Å²) in [7, 11) is 0. The number of allylic oxidation sites excluding steroid dienone is 4.